The average Bonchev–Trinajstić information content (AvgIpc) is 2.54. The molecule has 0 bridgehead atoms. The molecule has 2 heteroatoms. The molecule has 0 saturated heterocycles. The van der Waals surface area contributed by atoms with Gasteiger partial charge in [0.1, 0.15) is 11.3 Å². The van der Waals surface area contributed by atoms with Crippen LogP contribution < -0.4 is 0 Å². The number of hydrogen-bond donors (Lipinski definition) is 0. The minimum absolute atomic E-state index is 0.968. The topological polar surface area (TPSA) is 13.1 Å². The maximum atomic E-state index is 5.77. The van der Waals surface area contributed by atoms with Crippen LogP contribution in [-0.4, -0.2) is 0 Å². The predicted molar refractivity (Wildman–Crippen MR) is 62.7 cm³/mol. The van der Waals surface area contributed by atoms with Crippen LogP contribution >= 0.6 is 15.9 Å². The number of aryl methyl sites for hydroxylation is 2. The average molecular weight is 253 g/mol. The van der Waals surface area contributed by atoms with Crippen LogP contribution in [0.3, 0.4) is 0 Å². The number of fused-ring (bicyclic) bond motifs is 1. The molecule has 2 rings (SSSR count). The molecule has 0 aliphatic carbocycles. The summed E-state index contributed by atoms with van der Waals surface area (Å²) in [5.41, 5.74) is 2.35. The molecule has 1 aromatic heterocycles. The first-order valence-electron chi connectivity index (χ1n) is 4.96. The number of benzene rings is 1. The molecule has 0 aliphatic heterocycles. The van der Waals surface area contributed by atoms with E-state index in [4.69, 9.17) is 4.42 Å². The van der Waals surface area contributed by atoms with E-state index < -0.39 is 0 Å². The molecule has 0 N–H and O–H groups in total. The second-order valence-corrected chi connectivity index (χ2v) is 4.27. The van der Waals surface area contributed by atoms with Crippen LogP contribution in [0, 0.1) is 0 Å². The van der Waals surface area contributed by atoms with E-state index in [0.29, 0.717) is 0 Å². The Morgan fingerprint density at radius 3 is 2.64 bits per heavy atom. The van der Waals surface area contributed by atoms with Gasteiger partial charge >= 0.3 is 0 Å². The molecule has 1 nitrogen and oxygen atoms in total. The fourth-order valence-electron chi connectivity index (χ4n) is 1.84. The standard InChI is InChI=1S/C12H13BrO/c1-3-9-10-7-8(13)5-6-12(10)14-11(9)4-2/h5-7H,3-4H2,1-2H3. The maximum Gasteiger partial charge on any atom is 0.134 e. The van der Waals surface area contributed by atoms with Gasteiger partial charge in [0, 0.05) is 21.8 Å². The molecular weight excluding hydrogens is 240 g/mol. The van der Waals surface area contributed by atoms with Gasteiger partial charge in [-0.2, -0.15) is 0 Å². The zero-order valence-corrected chi connectivity index (χ0v) is 10.0. The highest BCUT2D eigenvalue weighted by Gasteiger charge is 2.10. The largest absolute Gasteiger partial charge is 0.461 e. The summed E-state index contributed by atoms with van der Waals surface area (Å²) in [5, 5.41) is 1.25. The van der Waals surface area contributed by atoms with Gasteiger partial charge in [-0.05, 0) is 24.6 Å². The molecule has 0 atom stereocenters. The summed E-state index contributed by atoms with van der Waals surface area (Å²) in [7, 11) is 0. The second-order valence-electron chi connectivity index (χ2n) is 3.35. The Morgan fingerprint density at radius 1 is 1.21 bits per heavy atom. The molecule has 14 heavy (non-hydrogen) atoms. The van der Waals surface area contributed by atoms with E-state index in [9.17, 15) is 0 Å². The van der Waals surface area contributed by atoms with E-state index in [1.165, 1.54) is 10.9 Å². The lowest BCUT2D eigenvalue weighted by atomic mass is 10.1. The third-order valence-electron chi connectivity index (χ3n) is 2.51. The first-order valence-corrected chi connectivity index (χ1v) is 5.75. The molecule has 1 aromatic carbocycles. The van der Waals surface area contributed by atoms with Crippen molar-refractivity contribution in [3.05, 3.63) is 34.0 Å². The van der Waals surface area contributed by atoms with E-state index in [2.05, 4.69) is 35.8 Å². The van der Waals surface area contributed by atoms with Crippen LogP contribution in [0.4, 0.5) is 0 Å². The van der Waals surface area contributed by atoms with E-state index in [1.54, 1.807) is 0 Å². The van der Waals surface area contributed by atoms with E-state index in [1.807, 2.05) is 12.1 Å². The first-order chi connectivity index (χ1) is 6.76. The van der Waals surface area contributed by atoms with Crippen molar-refractivity contribution in [2.75, 3.05) is 0 Å². The van der Waals surface area contributed by atoms with Gasteiger partial charge < -0.3 is 4.42 Å². The lowest BCUT2D eigenvalue weighted by molar-refractivity contribution is 0.551. The zero-order valence-electron chi connectivity index (χ0n) is 8.43. The van der Waals surface area contributed by atoms with Gasteiger partial charge in [-0.3, -0.25) is 0 Å². The summed E-state index contributed by atoms with van der Waals surface area (Å²) in [5.74, 6) is 1.13. The summed E-state index contributed by atoms with van der Waals surface area (Å²) in [4.78, 5) is 0. The Labute approximate surface area is 92.2 Å². The third kappa shape index (κ3) is 1.48. The highest BCUT2D eigenvalue weighted by Crippen LogP contribution is 2.29. The van der Waals surface area contributed by atoms with Crippen molar-refractivity contribution >= 4 is 26.9 Å². The molecule has 0 spiro atoms. The summed E-state index contributed by atoms with van der Waals surface area (Å²) in [6.07, 6.45) is 2.00. The van der Waals surface area contributed by atoms with Gasteiger partial charge in [0.2, 0.25) is 0 Å². The molecule has 0 radical (unpaired) electrons. The summed E-state index contributed by atoms with van der Waals surface area (Å²) in [6, 6.07) is 6.18. The highest BCUT2D eigenvalue weighted by molar-refractivity contribution is 9.10. The van der Waals surface area contributed by atoms with Crippen LogP contribution in [-0.2, 0) is 12.8 Å². The molecule has 0 saturated carbocycles. The second kappa shape index (κ2) is 3.77. The Hall–Kier alpha value is -0.760. The third-order valence-corrected chi connectivity index (χ3v) is 3.00. The minimum atomic E-state index is 0.968. The highest BCUT2D eigenvalue weighted by atomic mass is 79.9. The molecular formula is C12H13BrO. The Balaban J connectivity index is 2.74. The van der Waals surface area contributed by atoms with E-state index >= 15 is 0 Å². The summed E-state index contributed by atoms with van der Waals surface area (Å²) in [6.45, 7) is 4.30. The minimum Gasteiger partial charge on any atom is -0.461 e. The SMILES string of the molecule is CCc1oc2ccc(Br)cc2c1CC. The molecule has 74 valence electrons. The van der Waals surface area contributed by atoms with Crippen molar-refractivity contribution in [3.63, 3.8) is 0 Å². The quantitative estimate of drug-likeness (QED) is 0.776. The van der Waals surface area contributed by atoms with E-state index in [0.717, 1.165) is 28.7 Å². The van der Waals surface area contributed by atoms with Crippen molar-refractivity contribution < 1.29 is 4.42 Å². The van der Waals surface area contributed by atoms with Gasteiger partial charge in [0.05, 0.1) is 0 Å². The number of furan rings is 1. The maximum absolute atomic E-state index is 5.77. The number of halogens is 1. The fourth-order valence-corrected chi connectivity index (χ4v) is 2.21. The van der Waals surface area contributed by atoms with Crippen LogP contribution in [0.2, 0.25) is 0 Å². The predicted octanol–water partition coefficient (Wildman–Crippen LogP) is 4.32. The van der Waals surface area contributed by atoms with Crippen LogP contribution in [0.5, 0.6) is 0 Å². The monoisotopic (exact) mass is 252 g/mol. The van der Waals surface area contributed by atoms with Crippen molar-refractivity contribution in [2.45, 2.75) is 26.7 Å². The molecule has 0 unspecified atom stereocenters. The van der Waals surface area contributed by atoms with Crippen LogP contribution in [0.15, 0.2) is 27.1 Å². The summed E-state index contributed by atoms with van der Waals surface area (Å²) < 4.78 is 6.89. The van der Waals surface area contributed by atoms with Gasteiger partial charge in [-0.25, -0.2) is 0 Å². The van der Waals surface area contributed by atoms with Crippen LogP contribution in [0.25, 0.3) is 11.0 Å². The lowest BCUT2D eigenvalue weighted by Crippen LogP contribution is -1.84. The lowest BCUT2D eigenvalue weighted by Gasteiger charge is -1.95. The molecule has 0 fully saturated rings. The molecule has 1 heterocycles. The molecule has 0 aliphatic rings. The van der Waals surface area contributed by atoms with Crippen molar-refractivity contribution in [2.24, 2.45) is 0 Å². The number of hydrogen-bond acceptors (Lipinski definition) is 1. The van der Waals surface area contributed by atoms with Gasteiger partial charge in [-0.15, -0.1) is 0 Å². The first kappa shape index (κ1) is 9.78. The fraction of sp³-hybridized carbons (Fsp3) is 0.333. The summed E-state index contributed by atoms with van der Waals surface area (Å²) >= 11 is 3.49. The van der Waals surface area contributed by atoms with Crippen LogP contribution in [0.1, 0.15) is 25.2 Å². The van der Waals surface area contributed by atoms with Crippen molar-refractivity contribution in [3.8, 4) is 0 Å². The van der Waals surface area contributed by atoms with Gasteiger partial charge in [0.15, 0.2) is 0 Å². The van der Waals surface area contributed by atoms with Gasteiger partial charge in [-0.1, -0.05) is 29.8 Å². The number of rotatable bonds is 2. The van der Waals surface area contributed by atoms with E-state index in [-0.39, 0.29) is 0 Å². The molecule has 0 amide bonds. The Morgan fingerprint density at radius 2 is 2.00 bits per heavy atom. The normalized spacial score (nSPS) is 11.1. The van der Waals surface area contributed by atoms with Crippen molar-refractivity contribution in [1.82, 2.24) is 0 Å². The molecule has 2 aromatic rings. The Kier molecular flexibility index (Phi) is 2.64. The smallest absolute Gasteiger partial charge is 0.134 e. The Bertz CT molecular complexity index is 457. The van der Waals surface area contributed by atoms with Crippen molar-refractivity contribution in [1.29, 1.82) is 0 Å². The zero-order chi connectivity index (χ0) is 10.1. The van der Waals surface area contributed by atoms with Gasteiger partial charge in [0.25, 0.3) is 0 Å².